The van der Waals surface area contributed by atoms with Gasteiger partial charge in [-0.1, -0.05) is 28.1 Å². The van der Waals surface area contributed by atoms with E-state index >= 15 is 0 Å². The minimum atomic E-state index is -0.157. The number of benzene rings is 2. The quantitative estimate of drug-likeness (QED) is 0.649. The zero-order valence-corrected chi connectivity index (χ0v) is 10.9. The van der Waals surface area contributed by atoms with Crippen LogP contribution < -0.4 is 0 Å². The van der Waals surface area contributed by atoms with E-state index in [0.717, 1.165) is 9.21 Å². The van der Waals surface area contributed by atoms with Gasteiger partial charge >= 0.3 is 5.71 Å². The fraction of sp³-hybridized carbons (Fsp3) is 0. The minimum Gasteiger partial charge on any atom is -0.284 e. The second kappa shape index (κ2) is 4.07. The molecule has 1 N–H and O–H groups in total. The van der Waals surface area contributed by atoms with Crippen LogP contribution in [0.4, 0.5) is 5.69 Å². The molecule has 18 heavy (non-hydrogen) atoms. The lowest BCUT2D eigenvalue weighted by Crippen LogP contribution is -2.17. The van der Waals surface area contributed by atoms with Crippen molar-refractivity contribution in [1.29, 1.82) is 0 Å². The Hall–Kier alpha value is -1.94. The van der Waals surface area contributed by atoms with Crippen LogP contribution in [-0.2, 0) is 0 Å². The average Bonchev–Trinajstić information content (AvgIpc) is 2.64. The molecule has 0 amide bonds. The number of para-hydroxylation sites is 1. The van der Waals surface area contributed by atoms with Gasteiger partial charge < -0.3 is 0 Å². The molecule has 0 radical (unpaired) electrons. The van der Waals surface area contributed by atoms with Crippen LogP contribution in [0.5, 0.6) is 0 Å². The van der Waals surface area contributed by atoms with E-state index in [1.165, 1.54) is 0 Å². The lowest BCUT2D eigenvalue weighted by molar-refractivity contribution is -0.710. The highest BCUT2D eigenvalue weighted by molar-refractivity contribution is 9.10. The fourth-order valence-corrected chi connectivity index (χ4v) is 2.32. The molecule has 88 valence electrons. The first kappa shape index (κ1) is 11.2. The van der Waals surface area contributed by atoms with Gasteiger partial charge in [0, 0.05) is 15.3 Å². The molecule has 2 aromatic rings. The molecule has 0 aromatic heterocycles. The summed E-state index contributed by atoms with van der Waals surface area (Å²) in [6.45, 7) is 0. The maximum absolute atomic E-state index is 12.2. The van der Waals surface area contributed by atoms with Crippen molar-refractivity contribution in [1.82, 2.24) is 0 Å². The zero-order valence-electron chi connectivity index (χ0n) is 9.30. The summed E-state index contributed by atoms with van der Waals surface area (Å²) < 4.78 is 1.89. The van der Waals surface area contributed by atoms with Gasteiger partial charge in [-0.2, -0.15) is 0 Å². The van der Waals surface area contributed by atoms with Gasteiger partial charge in [-0.05, 0) is 30.3 Å². The van der Waals surface area contributed by atoms with Crippen LogP contribution in [0, 0.1) is 0 Å². The van der Waals surface area contributed by atoms with Crippen LogP contribution in [-0.4, -0.2) is 21.4 Å². The number of nitrogens with zero attached hydrogens (tertiary/aromatic N) is 1. The Kier molecular flexibility index (Phi) is 2.52. The average molecular weight is 303 g/mol. The maximum Gasteiger partial charge on any atom is 0.313 e. The van der Waals surface area contributed by atoms with Gasteiger partial charge in [0.2, 0.25) is 0 Å². The van der Waals surface area contributed by atoms with Crippen molar-refractivity contribution in [3.05, 3.63) is 64.1 Å². The highest BCUT2D eigenvalue weighted by atomic mass is 79.9. The van der Waals surface area contributed by atoms with Gasteiger partial charge in [0.05, 0.1) is 5.56 Å². The summed E-state index contributed by atoms with van der Waals surface area (Å²) in [4.78, 5) is 12.2. The predicted octanol–water partition coefficient (Wildman–Crippen LogP) is 3.17. The van der Waals surface area contributed by atoms with Crippen LogP contribution in [0.1, 0.15) is 15.9 Å². The largest absolute Gasteiger partial charge is 0.313 e. The van der Waals surface area contributed by atoms with Crippen molar-refractivity contribution < 1.29 is 14.7 Å². The molecule has 0 bridgehead atoms. The zero-order chi connectivity index (χ0) is 12.7. The van der Waals surface area contributed by atoms with E-state index in [0.29, 0.717) is 22.5 Å². The van der Waals surface area contributed by atoms with Crippen molar-refractivity contribution in [2.24, 2.45) is 0 Å². The van der Waals surface area contributed by atoms with E-state index in [-0.39, 0.29) is 5.78 Å². The monoisotopic (exact) mass is 302 g/mol. The third-order valence-corrected chi connectivity index (χ3v) is 3.45. The molecule has 1 heterocycles. The number of fused-ring (bicyclic) bond motifs is 1. The molecule has 0 aliphatic carbocycles. The molecule has 0 spiro atoms. The van der Waals surface area contributed by atoms with Crippen LogP contribution in [0.2, 0.25) is 0 Å². The molecule has 0 atom stereocenters. The van der Waals surface area contributed by atoms with Gasteiger partial charge in [-0.25, -0.2) is 0 Å². The van der Waals surface area contributed by atoms with E-state index in [9.17, 15) is 10.0 Å². The van der Waals surface area contributed by atoms with Gasteiger partial charge in [-0.15, -0.1) is 0 Å². The van der Waals surface area contributed by atoms with Crippen LogP contribution in [0.25, 0.3) is 0 Å². The lowest BCUT2D eigenvalue weighted by atomic mass is 10.0. The molecule has 3 rings (SSSR count). The molecule has 0 unspecified atom stereocenters. The van der Waals surface area contributed by atoms with E-state index in [2.05, 4.69) is 15.9 Å². The second-order valence-corrected chi connectivity index (χ2v) is 4.93. The first-order chi connectivity index (χ1) is 8.68. The van der Waals surface area contributed by atoms with Crippen molar-refractivity contribution >= 4 is 33.1 Å². The van der Waals surface area contributed by atoms with E-state index < -0.39 is 0 Å². The van der Waals surface area contributed by atoms with Crippen LogP contribution in [0.3, 0.4) is 0 Å². The van der Waals surface area contributed by atoms with Gasteiger partial charge in [0.15, 0.2) is 0 Å². The Morgan fingerprint density at radius 1 is 1.00 bits per heavy atom. The Morgan fingerprint density at radius 2 is 1.67 bits per heavy atom. The summed E-state index contributed by atoms with van der Waals surface area (Å²) in [6.07, 6.45) is 0. The number of carbonyl (C=O) groups excluding carboxylic acids is 1. The summed E-state index contributed by atoms with van der Waals surface area (Å²) in [5, 5.41) is 10.1. The number of ketones is 1. The first-order valence-corrected chi connectivity index (χ1v) is 6.23. The molecule has 0 saturated heterocycles. The minimum absolute atomic E-state index is 0.157. The fourth-order valence-electron chi connectivity index (χ4n) is 2.06. The molecule has 2 aromatic carbocycles. The number of halogens is 1. The molecule has 1 aliphatic heterocycles. The Balaban J connectivity index is 2.18. The Morgan fingerprint density at radius 3 is 2.33 bits per heavy atom. The molecule has 0 saturated carbocycles. The SMILES string of the molecule is O=C1C(c2ccc(Br)cc2)=[N+](O)c2ccccc21. The number of Topliss-reactive ketones (excluding diaryl/α,β-unsaturated/α-hetero) is 1. The maximum atomic E-state index is 12.2. The highest BCUT2D eigenvalue weighted by Gasteiger charge is 2.39. The number of carbonyl (C=O) groups is 1. The van der Waals surface area contributed by atoms with Crippen molar-refractivity contribution in [2.45, 2.75) is 0 Å². The summed E-state index contributed by atoms with van der Waals surface area (Å²) in [5.74, 6) is -0.157. The summed E-state index contributed by atoms with van der Waals surface area (Å²) in [7, 11) is 0. The van der Waals surface area contributed by atoms with Crippen molar-refractivity contribution in [3.8, 4) is 0 Å². The number of rotatable bonds is 1. The lowest BCUT2D eigenvalue weighted by Gasteiger charge is -1.95. The summed E-state index contributed by atoms with van der Waals surface area (Å²) >= 11 is 3.34. The highest BCUT2D eigenvalue weighted by Crippen LogP contribution is 2.27. The van der Waals surface area contributed by atoms with E-state index in [4.69, 9.17) is 0 Å². The van der Waals surface area contributed by atoms with Gasteiger partial charge in [0.25, 0.3) is 11.5 Å². The topological polar surface area (TPSA) is 40.3 Å². The second-order valence-electron chi connectivity index (χ2n) is 4.01. The third-order valence-electron chi connectivity index (χ3n) is 2.92. The number of hydrogen-bond acceptors (Lipinski definition) is 2. The van der Waals surface area contributed by atoms with Gasteiger partial charge in [0.1, 0.15) is 5.56 Å². The standard InChI is InChI=1S/C14H9BrNO2/c15-10-7-5-9(6-8-10)13-14(17)11-3-1-2-4-12(11)16(13)18/h1-8,18H/q+1. The molecule has 3 nitrogen and oxygen atoms in total. The normalized spacial score (nSPS) is 13.9. The summed E-state index contributed by atoms with van der Waals surface area (Å²) in [5.41, 5.74) is 2.05. The molecule has 4 heteroatoms. The van der Waals surface area contributed by atoms with E-state index in [1.54, 1.807) is 36.4 Å². The Bertz CT molecular complexity index is 674. The predicted molar refractivity (Wildman–Crippen MR) is 70.7 cm³/mol. The van der Waals surface area contributed by atoms with Crippen LogP contribution in [0.15, 0.2) is 53.0 Å². The first-order valence-electron chi connectivity index (χ1n) is 5.44. The number of hydrogen-bond donors (Lipinski definition) is 1. The molecular formula is C14H9BrNO2+. The summed E-state index contributed by atoms with van der Waals surface area (Å²) in [6, 6.07) is 14.3. The van der Waals surface area contributed by atoms with Gasteiger partial charge in [-0.3, -0.25) is 10.0 Å². The van der Waals surface area contributed by atoms with Crippen LogP contribution >= 0.6 is 15.9 Å². The van der Waals surface area contributed by atoms with Crippen molar-refractivity contribution in [3.63, 3.8) is 0 Å². The molecular weight excluding hydrogens is 294 g/mol. The Labute approximate surface area is 112 Å². The molecule has 0 fully saturated rings. The third kappa shape index (κ3) is 1.57. The van der Waals surface area contributed by atoms with Crippen molar-refractivity contribution in [2.75, 3.05) is 0 Å². The smallest absolute Gasteiger partial charge is 0.284 e. The molecule has 1 aliphatic rings. The van der Waals surface area contributed by atoms with E-state index in [1.807, 2.05) is 12.1 Å².